The molecular weight excluding hydrogens is 369 g/mol. The second kappa shape index (κ2) is 9.53. The molecule has 3 rings (SSSR count). The van der Waals surface area contributed by atoms with Crippen molar-refractivity contribution >= 4 is 5.91 Å². The summed E-state index contributed by atoms with van der Waals surface area (Å²) in [7, 11) is 1.54. The normalized spacial score (nSPS) is 19.4. The average Bonchev–Trinajstić information content (AvgIpc) is 3.20. The second-order valence-electron chi connectivity index (χ2n) is 7.48. The lowest BCUT2D eigenvalue weighted by molar-refractivity contribution is 0.0958. The van der Waals surface area contributed by atoms with Crippen LogP contribution < -0.4 is 15.4 Å². The van der Waals surface area contributed by atoms with Crippen LogP contribution in [0.5, 0.6) is 5.75 Å². The minimum Gasteiger partial charge on any atom is -0.497 e. The van der Waals surface area contributed by atoms with Gasteiger partial charge in [-0.25, -0.2) is 4.39 Å². The number of nitriles is 1. The molecule has 3 atom stereocenters. The number of nitrogens with zero attached hydrogens (tertiary/aromatic N) is 1. The highest BCUT2D eigenvalue weighted by Crippen LogP contribution is 2.35. The Balaban J connectivity index is 1.58. The van der Waals surface area contributed by atoms with Crippen molar-refractivity contribution in [3.8, 4) is 11.8 Å². The molecule has 5 nitrogen and oxygen atoms in total. The van der Waals surface area contributed by atoms with Crippen molar-refractivity contribution in [1.29, 1.82) is 5.26 Å². The van der Waals surface area contributed by atoms with E-state index in [-0.39, 0.29) is 24.3 Å². The summed E-state index contributed by atoms with van der Waals surface area (Å²) in [4.78, 5) is 11.9. The molecule has 1 amide bonds. The monoisotopic (exact) mass is 395 g/mol. The SMILES string of the molecule is COc1cc(F)cc([C@@H](C)N[C@H]2CCC(c3ccc(C(=O)NCC#N)cc3)C2)c1. The van der Waals surface area contributed by atoms with Crippen molar-refractivity contribution in [2.24, 2.45) is 0 Å². The van der Waals surface area contributed by atoms with Gasteiger partial charge in [0.05, 0.1) is 13.2 Å². The summed E-state index contributed by atoms with van der Waals surface area (Å²) in [6.45, 7) is 2.04. The number of nitrogens with one attached hydrogen (secondary N) is 2. The number of hydrogen-bond acceptors (Lipinski definition) is 4. The van der Waals surface area contributed by atoms with Crippen molar-refractivity contribution in [2.75, 3.05) is 13.7 Å². The Kier molecular flexibility index (Phi) is 6.84. The fourth-order valence-electron chi connectivity index (χ4n) is 3.97. The van der Waals surface area contributed by atoms with E-state index in [0.29, 0.717) is 23.3 Å². The third-order valence-corrected chi connectivity index (χ3v) is 5.52. The van der Waals surface area contributed by atoms with Gasteiger partial charge in [0.2, 0.25) is 0 Å². The maximum absolute atomic E-state index is 13.8. The van der Waals surface area contributed by atoms with Gasteiger partial charge in [-0.05, 0) is 67.5 Å². The summed E-state index contributed by atoms with van der Waals surface area (Å²) in [6, 6.07) is 14.7. The van der Waals surface area contributed by atoms with Crippen LogP contribution in [0.4, 0.5) is 4.39 Å². The van der Waals surface area contributed by atoms with E-state index in [1.54, 1.807) is 6.07 Å². The van der Waals surface area contributed by atoms with E-state index in [1.165, 1.54) is 18.7 Å². The van der Waals surface area contributed by atoms with E-state index in [9.17, 15) is 9.18 Å². The first-order valence-corrected chi connectivity index (χ1v) is 9.85. The van der Waals surface area contributed by atoms with Crippen LogP contribution in [-0.2, 0) is 0 Å². The molecule has 2 aromatic carbocycles. The Morgan fingerprint density at radius 3 is 2.72 bits per heavy atom. The lowest BCUT2D eigenvalue weighted by atomic mass is 9.96. The predicted octanol–water partition coefficient (Wildman–Crippen LogP) is 4.07. The molecule has 0 bridgehead atoms. The standard InChI is InChI=1S/C23H26FN3O2/c1-15(19-11-20(24)14-22(13-19)29-2)27-21-8-7-18(12-21)16-3-5-17(6-4-16)23(28)26-10-9-25/h3-6,11,13-15,18,21,27H,7-8,10,12H2,1-2H3,(H,26,28)/t15-,18?,21+/m1/s1. The molecule has 1 aliphatic carbocycles. The van der Waals surface area contributed by atoms with E-state index in [2.05, 4.69) is 10.6 Å². The molecular formula is C23H26FN3O2. The summed E-state index contributed by atoms with van der Waals surface area (Å²) in [6.07, 6.45) is 3.11. The highest BCUT2D eigenvalue weighted by Gasteiger charge is 2.27. The highest BCUT2D eigenvalue weighted by molar-refractivity contribution is 5.94. The number of carbonyl (C=O) groups is 1. The Hall–Kier alpha value is -2.91. The van der Waals surface area contributed by atoms with E-state index in [4.69, 9.17) is 10.00 Å². The van der Waals surface area contributed by atoms with Gasteiger partial charge >= 0.3 is 0 Å². The fraction of sp³-hybridized carbons (Fsp3) is 0.391. The third kappa shape index (κ3) is 5.33. The molecule has 0 heterocycles. The molecule has 29 heavy (non-hydrogen) atoms. The number of ether oxygens (including phenoxy) is 1. The Morgan fingerprint density at radius 1 is 1.28 bits per heavy atom. The molecule has 1 aliphatic rings. The van der Waals surface area contributed by atoms with Crippen molar-refractivity contribution in [2.45, 2.75) is 44.2 Å². The van der Waals surface area contributed by atoms with Crippen LogP contribution in [0, 0.1) is 17.1 Å². The molecule has 6 heteroatoms. The number of halogens is 1. The van der Waals surface area contributed by atoms with E-state index < -0.39 is 0 Å². The number of rotatable bonds is 7. The molecule has 1 saturated carbocycles. The van der Waals surface area contributed by atoms with Crippen LogP contribution in [0.15, 0.2) is 42.5 Å². The summed E-state index contributed by atoms with van der Waals surface area (Å²) < 4.78 is 18.9. The molecule has 2 aromatic rings. The number of methoxy groups -OCH3 is 1. The lowest BCUT2D eigenvalue weighted by Gasteiger charge is -2.21. The second-order valence-corrected chi connectivity index (χ2v) is 7.48. The molecule has 152 valence electrons. The van der Waals surface area contributed by atoms with Crippen LogP contribution in [0.3, 0.4) is 0 Å². The Bertz CT molecular complexity index is 892. The van der Waals surface area contributed by atoms with Crippen LogP contribution >= 0.6 is 0 Å². The maximum Gasteiger partial charge on any atom is 0.252 e. The molecule has 0 saturated heterocycles. The van der Waals surface area contributed by atoms with Crippen molar-refractivity contribution in [1.82, 2.24) is 10.6 Å². The zero-order chi connectivity index (χ0) is 20.8. The van der Waals surface area contributed by atoms with Gasteiger partial charge in [0.25, 0.3) is 5.91 Å². The largest absolute Gasteiger partial charge is 0.497 e. The van der Waals surface area contributed by atoms with Gasteiger partial charge in [0.15, 0.2) is 0 Å². The first kappa shape index (κ1) is 20.8. The van der Waals surface area contributed by atoms with Crippen LogP contribution in [0.25, 0.3) is 0 Å². The molecule has 1 fully saturated rings. The predicted molar refractivity (Wildman–Crippen MR) is 109 cm³/mol. The van der Waals surface area contributed by atoms with Crippen LogP contribution in [0.2, 0.25) is 0 Å². The number of amides is 1. The number of carbonyl (C=O) groups excluding carboxylic acids is 1. The van der Waals surface area contributed by atoms with Gasteiger partial charge in [0, 0.05) is 23.7 Å². The van der Waals surface area contributed by atoms with Gasteiger partial charge in [-0.1, -0.05) is 12.1 Å². The summed E-state index contributed by atoms with van der Waals surface area (Å²) in [5, 5.41) is 14.7. The zero-order valence-electron chi connectivity index (χ0n) is 16.7. The summed E-state index contributed by atoms with van der Waals surface area (Å²) >= 11 is 0. The Morgan fingerprint density at radius 2 is 2.03 bits per heavy atom. The van der Waals surface area contributed by atoms with Crippen molar-refractivity contribution in [3.63, 3.8) is 0 Å². The Labute approximate surface area is 170 Å². The quantitative estimate of drug-likeness (QED) is 0.693. The summed E-state index contributed by atoms with van der Waals surface area (Å²) in [5.41, 5.74) is 2.65. The van der Waals surface area contributed by atoms with Crippen molar-refractivity contribution < 1.29 is 13.9 Å². The van der Waals surface area contributed by atoms with Crippen LogP contribution in [-0.4, -0.2) is 25.6 Å². The number of hydrogen-bond donors (Lipinski definition) is 2. The minimum absolute atomic E-state index is 0.00588. The van der Waals surface area contributed by atoms with E-state index in [0.717, 1.165) is 24.8 Å². The van der Waals surface area contributed by atoms with Gasteiger partial charge in [-0.3, -0.25) is 4.79 Å². The van der Waals surface area contributed by atoms with Gasteiger partial charge < -0.3 is 15.4 Å². The zero-order valence-corrected chi connectivity index (χ0v) is 16.7. The first-order chi connectivity index (χ1) is 14.0. The average molecular weight is 395 g/mol. The van der Waals surface area contributed by atoms with Gasteiger partial charge in [-0.2, -0.15) is 5.26 Å². The van der Waals surface area contributed by atoms with Gasteiger partial charge in [-0.15, -0.1) is 0 Å². The minimum atomic E-state index is -0.295. The molecule has 0 spiro atoms. The van der Waals surface area contributed by atoms with E-state index in [1.807, 2.05) is 43.3 Å². The highest BCUT2D eigenvalue weighted by atomic mass is 19.1. The first-order valence-electron chi connectivity index (χ1n) is 9.85. The summed E-state index contributed by atoms with van der Waals surface area (Å²) in [5.74, 6) is 0.425. The van der Waals surface area contributed by atoms with Crippen molar-refractivity contribution in [3.05, 3.63) is 65.0 Å². The topological polar surface area (TPSA) is 74.2 Å². The van der Waals surface area contributed by atoms with E-state index >= 15 is 0 Å². The smallest absolute Gasteiger partial charge is 0.252 e. The molecule has 2 N–H and O–H groups in total. The number of benzene rings is 2. The lowest BCUT2D eigenvalue weighted by Crippen LogP contribution is -2.29. The molecule has 1 unspecified atom stereocenters. The third-order valence-electron chi connectivity index (χ3n) is 5.52. The fourth-order valence-corrected chi connectivity index (χ4v) is 3.97. The maximum atomic E-state index is 13.8. The molecule has 0 radical (unpaired) electrons. The van der Waals surface area contributed by atoms with Crippen LogP contribution in [0.1, 0.15) is 59.6 Å². The van der Waals surface area contributed by atoms with Gasteiger partial charge in [0.1, 0.15) is 18.1 Å². The molecule has 0 aliphatic heterocycles. The molecule has 0 aromatic heterocycles.